The van der Waals surface area contributed by atoms with E-state index in [-0.39, 0.29) is 11.4 Å². The molecule has 2 aromatic rings. The zero-order chi connectivity index (χ0) is 14.6. The van der Waals surface area contributed by atoms with Crippen LogP contribution in [0.2, 0.25) is 0 Å². The van der Waals surface area contributed by atoms with Crippen LogP contribution in [0.3, 0.4) is 0 Å². The zero-order valence-corrected chi connectivity index (χ0v) is 13.0. The van der Waals surface area contributed by atoms with Crippen LogP contribution in [0.1, 0.15) is 11.1 Å². The highest BCUT2D eigenvalue weighted by Gasteiger charge is 2.14. The molecular weight excluding hydrogens is 342 g/mol. The third-order valence-electron chi connectivity index (χ3n) is 2.72. The Morgan fingerprint density at radius 3 is 2.40 bits per heavy atom. The molecule has 0 saturated heterocycles. The van der Waals surface area contributed by atoms with Gasteiger partial charge in [0.05, 0.1) is 0 Å². The van der Waals surface area contributed by atoms with Gasteiger partial charge in [-0.2, -0.15) is 0 Å². The van der Waals surface area contributed by atoms with Crippen LogP contribution in [-0.4, -0.2) is 13.4 Å². The van der Waals surface area contributed by atoms with Crippen LogP contribution in [0, 0.1) is 0 Å². The average molecular weight is 356 g/mol. The van der Waals surface area contributed by atoms with Gasteiger partial charge in [0.2, 0.25) is 10.0 Å². The van der Waals surface area contributed by atoms with Gasteiger partial charge in [0, 0.05) is 30.0 Å². The molecule has 1 heterocycles. The number of aromatic nitrogens is 1. The minimum Gasteiger partial charge on any atom is -0.326 e. The van der Waals surface area contributed by atoms with Crippen molar-refractivity contribution in [3.63, 3.8) is 0 Å². The zero-order valence-electron chi connectivity index (χ0n) is 10.6. The molecule has 0 atom stereocenters. The van der Waals surface area contributed by atoms with Gasteiger partial charge < -0.3 is 5.73 Å². The molecule has 106 valence electrons. The first kappa shape index (κ1) is 15.1. The minimum absolute atomic E-state index is 0.130. The number of hydrogen-bond donors (Lipinski definition) is 2. The Bertz CT molecular complexity index is 687. The Balaban J connectivity index is 2.09. The van der Waals surface area contributed by atoms with E-state index in [1.165, 1.54) is 18.5 Å². The summed E-state index contributed by atoms with van der Waals surface area (Å²) in [4.78, 5) is 3.98. The molecule has 0 fully saturated rings. The van der Waals surface area contributed by atoms with E-state index in [1.807, 2.05) is 24.3 Å². The monoisotopic (exact) mass is 355 g/mol. The van der Waals surface area contributed by atoms with Crippen molar-refractivity contribution < 1.29 is 8.42 Å². The number of nitrogens with two attached hydrogens (primary N) is 1. The predicted molar refractivity (Wildman–Crippen MR) is 80.3 cm³/mol. The van der Waals surface area contributed by atoms with E-state index in [1.54, 1.807) is 0 Å². The number of hydrogen-bond acceptors (Lipinski definition) is 4. The van der Waals surface area contributed by atoms with Gasteiger partial charge in [-0.05, 0) is 33.1 Å². The molecule has 0 aliphatic carbocycles. The van der Waals surface area contributed by atoms with Crippen molar-refractivity contribution in [3.05, 3.63) is 58.3 Å². The number of halogens is 1. The number of pyridine rings is 1. The average Bonchev–Trinajstić information content (AvgIpc) is 2.46. The van der Waals surface area contributed by atoms with Gasteiger partial charge >= 0.3 is 0 Å². The molecule has 20 heavy (non-hydrogen) atoms. The summed E-state index contributed by atoms with van der Waals surface area (Å²) >= 11 is 3.20. The van der Waals surface area contributed by atoms with Crippen molar-refractivity contribution in [1.82, 2.24) is 9.71 Å². The van der Waals surface area contributed by atoms with Crippen molar-refractivity contribution in [2.45, 2.75) is 18.0 Å². The summed E-state index contributed by atoms with van der Waals surface area (Å²) in [5, 5.41) is 0. The lowest BCUT2D eigenvalue weighted by atomic mass is 10.1. The summed E-state index contributed by atoms with van der Waals surface area (Å²) in [5.74, 6) is 0. The van der Waals surface area contributed by atoms with Crippen molar-refractivity contribution in [1.29, 1.82) is 0 Å². The molecule has 3 N–H and O–H groups in total. The van der Waals surface area contributed by atoms with Crippen LogP contribution < -0.4 is 10.5 Å². The molecule has 0 amide bonds. The fraction of sp³-hybridized carbons (Fsp3) is 0.154. The molecule has 5 nitrogen and oxygen atoms in total. The summed E-state index contributed by atoms with van der Waals surface area (Å²) in [6.07, 6.45) is 2.84. The Hall–Kier alpha value is -1.28. The van der Waals surface area contributed by atoms with Gasteiger partial charge in [0.1, 0.15) is 4.90 Å². The maximum absolute atomic E-state index is 12.1. The van der Waals surface area contributed by atoms with E-state index in [0.29, 0.717) is 11.0 Å². The fourth-order valence-corrected chi connectivity index (χ4v) is 3.12. The van der Waals surface area contributed by atoms with E-state index in [2.05, 4.69) is 25.6 Å². The van der Waals surface area contributed by atoms with Gasteiger partial charge in [-0.3, -0.25) is 4.98 Å². The van der Waals surface area contributed by atoms with Crippen LogP contribution in [0.4, 0.5) is 0 Å². The smallest absolute Gasteiger partial charge is 0.242 e. The number of rotatable bonds is 5. The van der Waals surface area contributed by atoms with Gasteiger partial charge in [-0.25, -0.2) is 13.1 Å². The third-order valence-corrected chi connectivity index (χ3v) is 4.52. The highest BCUT2D eigenvalue weighted by Crippen LogP contribution is 2.14. The molecule has 2 rings (SSSR count). The molecule has 7 heteroatoms. The van der Waals surface area contributed by atoms with Crippen molar-refractivity contribution in [2.24, 2.45) is 5.73 Å². The highest BCUT2D eigenvalue weighted by molar-refractivity contribution is 9.10. The van der Waals surface area contributed by atoms with Crippen molar-refractivity contribution in [3.8, 4) is 0 Å². The topological polar surface area (TPSA) is 85.1 Å². The Morgan fingerprint density at radius 2 is 1.80 bits per heavy atom. The molecule has 0 unspecified atom stereocenters. The largest absolute Gasteiger partial charge is 0.326 e. The molecule has 0 radical (unpaired) electrons. The number of nitrogens with zero attached hydrogens (tertiary/aromatic N) is 1. The lowest BCUT2D eigenvalue weighted by molar-refractivity contribution is 0.581. The van der Waals surface area contributed by atoms with Crippen LogP contribution in [0.15, 0.2) is 52.1 Å². The lowest BCUT2D eigenvalue weighted by Crippen LogP contribution is -2.23. The molecule has 0 aliphatic heterocycles. The Morgan fingerprint density at radius 1 is 1.15 bits per heavy atom. The Kier molecular flexibility index (Phi) is 4.87. The third kappa shape index (κ3) is 3.86. The molecule has 0 spiro atoms. The summed E-state index contributed by atoms with van der Waals surface area (Å²) in [6, 6.07) is 8.97. The molecule has 0 saturated carbocycles. The second kappa shape index (κ2) is 6.45. The first-order valence-corrected chi connectivity index (χ1v) is 8.17. The first-order chi connectivity index (χ1) is 9.51. The van der Waals surface area contributed by atoms with E-state index in [9.17, 15) is 8.42 Å². The van der Waals surface area contributed by atoms with Crippen LogP contribution in [0.5, 0.6) is 0 Å². The van der Waals surface area contributed by atoms with Gasteiger partial charge in [0.15, 0.2) is 0 Å². The van der Waals surface area contributed by atoms with Gasteiger partial charge in [-0.1, -0.05) is 24.3 Å². The Labute approximate surface area is 126 Å². The molecular formula is C13H14BrN3O2S. The summed E-state index contributed by atoms with van der Waals surface area (Å²) < 4.78 is 27.3. The second-order valence-corrected chi connectivity index (χ2v) is 6.87. The lowest BCUT2D eigenvalue weighted by Gasteiger charge is -2.07. The summed E-state index contributed by atoms with van der Waals surface area (Å²) in [5.41, 5.74) is 7.39. The van der Waals surface area contributed by atoms with Crippen LogP contribution >= 0.6 is 15.9 Å². The SMILES string of the molecule is NCc1ccc(CNS(=O)(=O)c2cncc(Br)c2)cc1. The van der Waals surface area contributed by atoms with E-state index < -0.39 is 10.0 Å². The normalized spacial score (nSPS) is 11.5. The first-order valence-electron chi connectivity index (χ1n) is 5.89. The maximum Gasteiger partial charge on any atom is 0.242 e. The summed E-state index contributed by atoms with van der Waals surface area (Å²) in [6.45, 7) is 0.690. The van der Waals surface area contributed by atoms with Gasteiger partial charge in [-0.15, -0.1) is 0 Å². The van der Waals surface area contributed by atoms with Crippen molar-refractivity contribution in [2.75, 3.05) is 0 Å². The minimum atomic E-state index is -3.56. The van der Waals surface area contributed by atoms with Crippen LogP contribution in [0.25, 0.3) is 0 Å². The summed E-state index contributed by atoms with van der Waals surface area (Å²) in [7, 11) is -3.56. The molecule has 1 aromatic carbocycles. The highest BCUT2D eigenvalue weighted by atomic mass is 79.9. The number of sulfonamides is 1. The number of nitrogens with one attached hydrogen (secondary N) is 1. The number of benzene rings is 1. The predicted octanol–water partition coefficient (Wildman–Crippen LogP) is 1.78. The maximum atomic E-state index is 12.1. The molecule has 0 bridgehead atoms. The van der Waals surface area contributed by atoms with E-state index in [0.717, 1.165) is 11.1 Å². The van der Waals surface area contributed by atoms with E-state index >= 15 is 0 Å². The molecule has 1 aromatic heterocycles. The fourth-order valence-electron chi connectivity index (χ4n) is 1.59. The standard InChI is InChI=1S/C13H14BrN3O2S/c14-12-5-13(9-16-8-12)20(18,19)17-7-11-3-1-10(6-15)2-4-11/h1-5,8-9,17H,6-7,15H2. The second-order valence-electron chi connectivity index (χ2n) is 4.18. The van der Waals surface area contributed by atoms with Crippen LogP contribution in [-0.2, 0) is 23.1 Å². The van der Waals surface area contributed by atoms with E-state index in [4.69, 9.17) is 5.73 Å². The van der Waals surface area contributed by atoms with Gasteiger partial charge in [0.25, 0.3) is 0 Å². The molecule has 0 aliphatic rings. The quantitative estimate of drug-likeness (QED) is 0.855. The van der Waals surface area contributed by atoms with Crippen molar-refractivity contribution >= 4 is 26.0 Å².